The number of hydrogen-bond acceptors (Lipinski definition) is 3. The SMILES string of the molecule is Cc1ccc(-c2cc(C(=O)NCCCc3ccccc3)n[nH]2)o1. The van der Waals surface area contributed by atoms with Gasteiger partial charge in [-0.15, -0.1) is 0 Å². The minimum Gasteiger partial charge on any atom is -0.460 e. The molecule has 5 nitrogen and oxygen atoms in total. The smallest absolute Gasteiger partial charge is 0.271 e. The summed E-state index contributed by atoms with van der Waals surface area (Å²) in [6, 6.07) is 15.7. The van der Waals surface area contributed by atoms with Gasteiger partial charge in [0.2, 0.25) is 0 Å². The summed E-state index contributed by atoms with van der Waals surface area (Å²) in [5.74, 6) is 1.32. The van der Waals surface area contributed by atoms with Crippen LogP contribution in [0.4, 0.5) is 0 Å². The topological polar surface area (TPSA) is 70.9 Å². The number of aryl methyl sites for hydroxylation is 2. The van der Waals surface area contributed by atoms with Crippen LogP contribution < -0.4 is 5.32 Å². The summed E-state index contributed by atoms with van der Waals surface area (Å²) in [5, 5.41) is 9.76. The summed E-state index contributed by atoms with van der Waals surface area (Å²) in [7, 11) is 0. The van der Waals surface area contributed by atoms with Gasteiger partial charge >= 0.3 is 0 Å². The van der Waals surface area contributed by atoms with E-state index in [1.54, 1.807) is 6.07 Å². The largest absolute Gasteiger partial charge is 0.460 e. The predicted octanol–water partition coefficient (Wildman–Crippen LogP) is 3.34. The number of rotatable bonds is 6. The lowest BCUT2D eigenvalue weighted by Gasteiger charge is -2.03. The molecular formula is C18H19N3O2. The molecule has 0 spiro atoms. The van der Waals surface area contributed by atoms with Crippen LogP contribution >= 0.6 is 0 Å². The number of aromatic amines is 1. The van der Waals surface area contributed by atoms with Crippen LogP contribution in [-0.2, 0) is 6.42 Å². The summed E-state index contributed by atoms with van der Waals surface area (Å²) < 4.78 is 5.51. The number of benzene rings is 1. The molecule has 0 bridgehead atoms. The lowest BCUT2D eigenvalue weighted by Crippen LogP contribution is -2.25. The molecule has 3 rings (SSSR count). The van der Waals surface area contributed by atoms with Crippen molar-refractivity contribution in [3.63, 3.8) is 0 Å². The number of carbonyl (C=O) groups is 1. The maximum absolute atomic E-state index is 12.1. The number of carbonyl (C=O) groups excluding carboxylic acids is 1. The van der Waals surface area contributed by atoms with Crippen molar-refractivity contribution in [3.8, 4) is 11.5 Å². The van der Waals surface area contributed by atoms with Gasteiger partial charge in [0.25, 0.3) is 5.91 Å². The molecule has 0 fully saturated rings. The van der Waals surface area contributed by atoms with Gasteiger partial charge in [-0.1, -0.05) is 30.3 Å². The predicted molar refractivity (Wildman–Crippen MR) is 88.1 cm³/mol. The van der Waals surface area contributed by atoms with E-state index in [0.29, 0.717) is 23.7 Å². The molecule has 5 heteroatoms. The Morgan fingerprint density at radius 3 is 2.78 bits per heavy atom. The molecule has 0 aliphatic heterocycles. The van der Waals surface area contributed by atoms with Crippen LogP contribution in [-0.4, -0.2) is 22.6 Å². The highest BCUT2D eigenvalue weighted by Crippen LogP contribution is 2.20. The molecule has 0 saturated carbocycles. The molecule has 1 amide bonds. The van der Waals surface area contributed by atoms with Gasteiger partial charge in [-0.25, -0.2) is 0 Å². The first kappa shape index (κ1) is 15.1. The fraction of sp³-hybridized carbons (Fsp3) is 0.222. The average Bonchev–Trinajstić information content (AvgIpc) is 3.21. The van der Waals surface area contributed by atoms with Gasteiger partial charge in [0.1, 0.15) is 11.5 Å². The first-order valence-corrected chi connectivity index (χ1v) is 7.67. The molecular weight excluding hydrogens is 290 g/mol. The highest BCUT2D eigenvalue weighted by molar-refractivity contribution is 5.93. The van der Waals surface area contributed by atoms with Crippen LogP contribution in [0.3, 0.4) is 0 Å². The molecule has 0 saturated heterocycles. The summed E-state index contributed by atoms with van der Waals surface area (Å²) in [4.78, 5) is 12.1. The molecule has 0 aliphatic rings. The van der Waals surface area contributed by atoms with E-state index in [-0.39, 0.29) is 5.91 Å². The van der Waals surface area contributed by atoms with Gasteiger partial charge in [0.05, 0.1) is 0 Å². The molecule has 2 aromatic heterocycles. The van der Waals surface area contributed by atoms with Crippen LogP contribution in [0.5, 0.6) is 0 Å². The van der Waals surface area contributed by atoms with E-state index in [0.717, 1.165) is 18.6 Å². The Morgan fingerprint density at radius 1 is 1.22 bits per heavy atom. The molecule has 3 aromatic rings. The van der Waals surface area contributed by atoms with Crippen molar-refractivity contribution in [3.05, 3.63) is 65.5 Å². The standard InChI is InChI=1S/C18H19N3O2/c1-13-9-10-17(23-13)15-12-16(21-20-15)18(22)19-11-5-8-14-6-3-2-4-7-14/h2-4,6-7,9-10,12H,5,8,11H2,1H3,(H,19,22)(H,20,21). The maximum atomic E-state index is 12.1. The Morgan fingerprint density at radius 2 is 2.04 bits per heavy atom. The van der Waals surface area contributed by atoms with Gasteiger partial charge in [-0.05, 0) is 37.5 Å². The highest BCUT2D eigenvalue weighted by Gasteiger charge is 2.12. The molecule has 0 aliphatic carbocycles. The Balaban J connectivity index is 1.50. The van der Waals surface area contributed by atoms with Crippen molar-refractivity contribution < 1.29 is 9.21 Å². The Kier molecular flexibility index (Phi) is 4.57. The molecule has 2 heterocycles. The summed E-state index contributed by atoms with van der Waals surface area (Å²) in [5.41, 5.74) is 2.35. The fourth-order valence-corrected chi connectivity index (χ4v) is 2.37. The zero-order valence-corrected chi connectivity index (χ0v) is 13.0. The van der Waals surface area contributed by atoms with Crippen molar-refractivity contribution in [1.29, 1.82) is 0 Å². The normalized spacial score (nSPS) is 10.7. The fourth-order valence-electron chi connectivity index (χ4n) is 2.37. The van der Waals surface area contributed by atoms with Crippen molar-refractivity contribution >= 4 is 5.91 Å². The minimum absolute atomic E-state index is 0.177. The minimum atomic E-state index is -0.177. The number of nitrogens with zero attached hydrogens (tertiary/aromatic N) is 1. The quantitative estimate of drug-likeness (QED) is 0.686. The number of aromatic nitrogens is 2. The van der Waals surface area contributed by atoms with Crippen molar-refractivity contribution in [2.45, 2.75) is 19.8 Å². The van der Waals surface area contributed by atoms with E-state index in [4.69, 9.17) is 4.42 Å². The number of furan rings is 1. The van der Waals surface area contributed by atoms with Gasteiger partial charge in [-0.2, -0.15) is 5.10 Å². The first-order chi connectivity index (χ1) is 11.2. The van der Waals surface area contributed by atoms with Crippen molar-refractivity contribution in [1.82, 2.24) is 15.5 Å². The molecule has 0 atom stereocenters. The maximum Gasteiger partial charge on any atom is 0.271 e. The second kappa shape index (κ2) is 6.96. The van der Waals surface area contributed by atoms with E-state index in [9.17, 15) is 4.79 Å². The molecule has 0 unspecified atom stereocenters. The highest BCUT2D eigenvalue weighted by atomic mass is 16.3. The number of nitrogens with one attached hydrogen (secondary N) is 2. The number of hydrogen-bond donors (Lipinski definition) is 2. The van der Waals surface area contributed by atoms with Gasteiger partial charge in [-0.3, -0.25) is 9.89 Å². The van der Waals surface area contributed by atoms with Crippen LogP contribution in [0.15, 0.2) is 52.9 Å². The van der Waals surface area contributed by atoms with Crippen LogP contribution in [0.1, 0.15) is 28.2 Å². The van der Waals surface area contributed by atoms with Gasteiger partial charge in [0, 0.05) is 12.6 Å². The van der Waals surface area contributed by atoms with E-state index in [1.165, 1.54) is 5.56 Å². The van der Waals surface area contributed by atoms with Gasteiger partial charge in [0.15, 0.2) is 11.5 Å². The average molecular weight is 309 g/mol. The van der Waals surface area contributed by atoms with E-state index < -0.39 is 0 Å². The van der Waals surface area contributed by atoms with Crippen molar-refractivity contribution in [2.75, 3.05) is 6.54 Å². The lowest BCUT2D eigenvalue weighted by molar-refractivity contribution is 0.0948. The second-order valence-corrected chi connectivity index (χ2v) is 5.42. The van der Waals surface area contributed by atoms with Crippen LogP contribution in [0, 0.1) is 6.92 Å². The Labute approximate surface area is 134 Å². The zero-order valence-electron chi connectivity index (χ0n) is 13.0. The Hall–Kier alpha value is -2.82. The van der Waals surface area contributed by atoms with Crippen LogP contribution in [0.2, 0.25) is 0 Å². The monoisotopic (exact) mass is 309 g/mol. The van der Waals surface area contributed by atoms with E-state index in [2.05, 4.69) is 27.6 Å². The van der Waals surface area contributed by atoms with Crippen LogP contribution in [0.25, 0.3) is 11.5 Å². The third-order valence-electron chi connectivity index (χ3n) is 3.59. The van der Waals surface area contributed by atoms with E-state index >= 15 is 0 Å². The second-order valence-electron chi connectivity index (χ2n) is 5.42. The Bertz CT molecular complexity index is 774. The number of H-pyrrole nitrogens is 1. The number of amides is 1. The summed E-state index contributed by atoms with van der Waals surface area (Å²) >= 11 is 0. The summed E-state index contributed by atoms with van der Waals surface area (Å²) in [6.07, 6.45) is 1.84. The summed E-state index contributed by atoms with van der Waals surface area (Å²) in [6.45, 7) is 2.50. The molecule has 2 N–H and O–H groups in total. The van der Waals surface area contributed by atoms with Gasteiger partial charge < -0.3 is 9.73 Å². The molecule has 1 aromatic carbocycles. The van der Waals surface area contributed by atoms with E-state index in [1.807, 2.05) is 37.3 Å². The van der Waals surface area contributed by atoms with Crippen molar-refractivity contribution in [2.24, 2.45) is 0 Å². The molecule has 23 heavy (non-hydrogen) atoms. The third kappa shape index (κ3) is 3.88. The lowest BCUT2D eigenvalue weighted by atomic mass is 10.1. The first-order valence-electron chi connectivity index (χ1n) is 7.67. The zero-order chi connectivity index (χ0) is 16.1. The molecule has 118 valence electrons. The third-order valence-corrected chi connectivity index (χ3v) is 3.59. The molecule has 0 radical (unpaired) electrons.